The number of carbonyl (C=O) groups is 1. The Morgan fingerprint density at radius 1 is 1.39 bits per heavy atom. The molecule has 0 spiro atoms. The van der Waals surface area contributed by atoms with Crippen LogP contribution in [0.1, 0.15) is 19.4 Å². The fourth-order valence-corrected chi connectivity index (χ4v) is 1.78. The molecule has 0 fully saturated rings. The lowest BCUT2D eigenvalue weighted by atomic mass is 10.2. The molecule has 1 aromatic heterocycles. The van der Waals surface area contributed by atoms with Gasteiger partial charge in [-0.15, -0.1) is 5.10 Å². The highest BCUT2D eigenvalue weighted by Gasteiger charge is 2.15. The lowest BCUT2D eigenvalue weighted by molar-refractivity contribution is -0.129. The first-order chi connectivity index (χ1) is 8.63. The molecule has 6 nitrogen and oxygen atoms in total. The van der Waals surface area contributed by atoms with Crippen molar-refractivity contribution in [2.45, 2.75) is 20.4 Å². The van der Waals surface area contributed by atoms with E-state index in [0.717, 1.165) is 5.56 Å². The summed E-state index contributed by atoms with van der Waals surface area (Å²) in [5, 5.41) is 7.87. The van der Waals surface area contributed by atoms with Gasteiger partial charge in [-0.2, -0.15) is 5.10 Å². The van der Waals surface area contributed by atoms with Crippen molar-refractivity contribution in [3.8, 4) is 0 Å². The Kier molecular flexibility index (Phi) is 5.51. The zero-order valence-corrected chi connectivity index (χ0v) is 11.3. The van der Waals surface area contributed by atoms with Crippen molar-refractivity contribution in [2.75, 3.05) is 31.6 Å². The van der Waals surface area contributed by atoms with Crippen molar-refractivity contribution < 1.29 is 4.79 Å². The van der Waals surface area contributed by atoms with E-state index in [1.54, 1.807) is 16.0 Å². The van der Waals surface area contributed by atoms with E-state index in [2.05, 4.69) is 10.2 Å². The topological polar surface area (TPSA) is 75.4 Å². The van der Waals surface area contributed by atoms with Gasteiger partial charge in [0.15, 0.2) is 5.82 Å². The maximum Gasteiger partial charge on any atom is 0.242 e. The molecule has 1 amide bonds. The lowest BCUT2D eigenvalue weighted by Gasteiger charge is -2.24. The van der Waals surface area contributed by atoms with Crippen molar-refractivity contribution in [3.05, 3.63) is 17.8 Å². The van der Waals surface area contributed by atoms with E-state index in [4.69, 9.17) is 5.73 Å². The Hall–Kier alpha value is -1.69. The number of nitrogens with zero attached hydrogens (tertiary/aromatic N) is 4. The molecule has 0 saturated carbocycles. The zero-order valence-electron chi connectivity index (χ0n) is 11.3. The van der Waals surface area contributed by atoms with Crippen LogP contribution in [-0.2, 0) is 11.3 Å². The summed E-state index contributed by atoms with van der Waals surface area (Å²) in [6.07, 6.45) is 1.60. The summed E-state index contributed by atoms with van der Waals surface area (Å²) in [5.41, 5.74) is 6.53. The number of likely N-dealkylation sites (N-methyl/N-ethyl adjacent to an activating group) is 2. The second-order valence-electron chi connectivity index (χ2n) is 4.01. The minimum absolute atomic E-state index is 0.0797. The van der Waals surface area contributed by atoms with Gasteiger partial charge < -0.3 is 15.5 Å². The Balaban J connectivity index is 2.76. The summed E-state index contributed by atoms with van der Waals surface area (Å²) in [6, 6.07) is 1.82. The first-order valence-corrected chi connectivity index (χ1v) is 6.13. The van der Waals surface area contributed by atoms with Crippen molar-refractivity contribution in [1.29, 1.82) is 0 Å². The Morgan fingerprint density at radius 3 is 2.61 bits per heavy atom. The van der Waals surface area contributed by atoms with Gasteiger partial charge in [-0.05, 0) is 19.9 Å². The van der Waals surface area contributed by atoms with E-state index in [1.165, 1.54) is 0 Å². The molecule has 6 heteroatoms. The van der Waals surface area contributed by atoms with E-state index in [-0.39, 0.29) is 12.5 Å². The van der Waals surface area contributed by atoms with Gasteiger partial charge in [-0.3, -0.25) is 4.79 Å². The number of anilines is 1. The largest absolute Gasteiger partial charge is 0.349 e. The Bertz CT molecular complexity index is 392. The van der Waals surface area contributed by atoms with E-state index in [9.17, 15) is 4.79 Å². The molecule has 0 aliphatic rings. The monoisotopic (exact) mass is 251 g/mol. The van der Waals surface area contributed by atoms with Gasteiger partial charge in [0.2, 0.25) is 5.91 Å². The molecular weight excluding hydrogens is 230 g/mol. The predicted octanol–water partition coefficient (Wildman–Crippen LogP) is 0.240. The van der Waals surface area contributed by atoms with Gasteiger partial charge in [-0.25, -0.2) is 0 Å². The minimum Gasteiger partial charge on any atom is -0.349 e. The van der Waals surface area contributed by atoms with Crippen molar-refractivity contribution in [1.82, 2.24) is 15.1 Å². The van der Waals surface area contributed by atoms with Crippen LogP contribution in [0.3, 0.4) is 0 Å². The molecule has 1 aromatic rings. The normalized spacial score (nSPS) is 10.2. The molecular formula is C12H21N5O. The summed E-state index contributed by atoms with van der Waals surface area (Å²) in [4.78, 5) is 15.6. The SMILES string of the molecule is CCN(CC)C(=O)CN(C)c1nnccc1CN. The summed E-state index contributed by atoms with van der Waals surface area (Å²) < 4.78 is 0. The van der Waals surface area contributed by atoms with Crippen molar-refractivity contribution in [3.63, 3.8) is 0 Å². The van der Waals surface area contributed by atoms with Crippen LogP contribution in [0, 0.1) is 0 Å². The third-order valence-corrected chi connectivity index (χ3v) is 2.85. The fraction of sp³-hybridized carbons (Fsp3) is 0.583. The van der Waals surface area contributed by atoms with Gasteiger partial charge in [-0.1, -0.05) is 0 Å². The van der Waals surface area contributed by atoms with Crippen LogP contribution in [0.5, 0.6) is 0 Å². The minimum atomic E-state index is 0.0797. The Morgan fingerprint density at radius 2 is 2.06 bits per heavy atom. The number of carbonyl (C=O) groups excluding carboxylic acids is 1. The second-order valence-corrected chi connectivity index (χ2v) is 4.01. The van der Waals surface area contributed by atoms with Crippen LogP contribution >= 0.6 is 0 Å². The number of nitrogens with two attached hydrogens (primary N) is 1. The predicted molar refractivity (Wildman–Crippen MR) is 71.1 cm³/mol. The molecule has 100 valence electrons. The summed E-state index contributed by atoms with van der Waals surface area (Å²) in [5.74, 6) is 0.747. The molecule has 0 bridgehead atoms. The molecule has 0 unspecified atom stereocenters. The summed E-state index contributed by atoms with van der Waals surface area (Å²) >= 11 is 0. The quantitative estimate of drug-likeness (QED) is 0.784. The number of hydrogen-bond donors (Lipinski definition) is 1. The summed E-state index contributed by atoms with van der Waals surface area (Å²) in [7, 11) is 1.82. The van der Waals surface area contributed by atoms with E-state index in [0.29, 0.717) is 25.5 Å². The number of hydrogen-bond acceptors (Lipinski definition) is 5. The van der Waals surface area contributed by atoms with E-state index < -0.39 is 0 Å². The third kappa shape index (κ3) is 3.40. The second kappa shape index (κ2) is 6.90. The van der Waals surface area contributed by atoms with Gasteiger partial charge >= 0.3 is 0 Å². The van der Waals surface area contributed by atoms with Crippen molar-refractivity contribution >= 4 is 11.7 Å². The van der Waals surface area contributed by atoms with Crippen LogP contribution in [0.2, 0.25) is 0 Å². The van der Waals surface area contributed by atoms with E-state index >= 15 is 0 Å². The average molecular weight is 251 g/mol. The number of aromatic nitrogens is 2. The number of rotatable bonds is 6. The average Bonchev–Trinajstić information content (AvgIpc) is 2.40. The van der Waals surface area contributed by atoms with Gasteiger partial charge in [0.1, 0.15) is 0 Å². The van der Waals surface area contributed by atoms with Gasteiger partial charge in [0.05, 0.1) is 12.7 Å². The third-order valence-electron chi connectivity index (χ3n) is 2.85. The molecule has 0 aliphatic carbocycles. The van der Waals surface area contributed by atoms with Gasteiger partial charge in [0, 0.05) is 32.2 Å². The molecule has 1 rings (SSSR count). The standard InChI is InChI=1S/C12H21N5O/c1-4-17(5-2)11(18)9-16(3)12-10(8-13)6-7-14-15-12/h6-7H,4-5,8-9,13H2,1-3H3. The smallest absolute Gasteiger partial charge is 0.242 e. The summed E-state index contributed by atoms with van der Waals surface area (Å²) in [6.45, 7) is 6.03. The highest BCUT2D eigenvalue weighted by molar-refractivity contribution is 5.81. The van der Waals surface area contributed by atoms with Crippen LogP contribution in [0.15, 0.2) is 12.3 Å². The molecule has 0 atom stereocenters. The van der Waals surface area contributed by atoms with E-state index in [1.807, 2.05) is 27.0 Å². The molecule has 18 heavy (non-hydrogen) atoms. The molecule has 0 radical (unpaired) electrons. The highest BCUT2D eigenvalue weighted by atomic mass is 16.2. The molecule has 1 heterocycles. The maximum absolute atomic E-state index is 12.0. The fourth-order valence-electron chi connectivity index (χ4n) is 1.78. The van der Waals surface area contributed by atoms with Crippen LogP contribution in [0.4, 0.5) is 5.82 Å². The van der Waals surface area contributed by atoms with Crippen molar-refractivity contribution in [2.24, 2.45) is 5.73 Å². The Labute approximate surface area is 108 Å². The first-order valence-electron chi connectivity index (χ1n) is 6.13. The molecule has 0 saturated heterocycles. The molecule has 0 aliphatic heterocycles. The first kappa shape index (κ1) is 14.4. The van der Waals surface area contributed by atoms with Gasteiger partial charge in [0.25, 0.3) is 0 Å². The van der Waals surface area contributed by atoms with Crippen LogP contribution in [-0.4, -0.2) is 47.7 Å². The lowest BCUT2D eigenvalue weighted by Crippen LogP contribution is -2.39. The van der Waals surface area contributed by atoms with Crippen LogP contribution in [0.25, 0.3) is 0 Å². The molecule has 0 aromatic carbocycles. The van der Waals surface area contributed by atoms with Crippen LogP contribution < -0.4 is 10.6 Å². The number of amides is 1. The molecule has 2 N–H and O–H groups in total. The highest BCUT2D eigenvalue weighted by Crippen LogP contribution is 2.13. The zero-order chi connectivity index (χ0) is 13.5. The maximum atomic E-state index is 12.0.